The van der Waals surface area contributed by atoms with E-state index in [9.17, 15) is 4.79 Å². The van der Waals surface area contributed by atoms with E-state index in [1.54, 1.807) is 6.07 Å². The number of hydrogen-bond donors (Lipinski definition) is 1. The molecule has 5 heteroatoms. The molecule has 0 aliphatic rings. The second-order valence-electron chi connectivity index (χ2n) is 2.86. The van der Waals surface area contributed by atoms with Crippen LogP contribution in [0.15, 0.2) is 27.4 Å². The summed E-state index contributed by atoms with van der Waals surface area (Å²) >= 11 is 1.11. The molecule has 2 rings (SSSR count). The first-order valence-electron chi connectivity index (χ1n) is 4.14. The van der Waals surface area contributed by atoms with Gasteiger partial charge >= 0.3 is 4.94 Å². The molecule has 1 aromatic carbocycles. The summed E-state index contributed by atoms with van der Waals surface area (Å²) in [7, 11) is 0. The molecule has 2 aromatic rings. The summed E-state index contributed by atoms with van der Waals surface area (Å²) < 4.78 is 5.80. The largest absolute Gasteiger partial charge is 0.414 e. The molecule has 0 unspecified atom stereocenters. The van der Waals surface area contributed by atoms with Gasteiger partial charge in [0.25, 0.3) is 0 Å². The molecule has 0 saturated carbocycles. The highest BCUT2D eigenvalue weighted by atomic mass is 32.1. The standard InChI is InChI=1S/C9H9NO3S/c10-12-4-3-6-1-2-7-8(5-6)14-9(11)13-7/h1-2,5H,3-4,10H2. The lowest BCUT2D eigenvalue weighted by atomic mass is 10.2. The number of benzene rings is 1. The van der Waals surface area contributed by atoms with Gasteiger partial charge in [0.05, 0.1) is 11.3 Å². The molecule has 0 fully saturated rings. The van der Waals surface area contributed by atoms with Crippen molar-refractivity contribution in [3.8, 4) is 0 Å². The molecule has 2 N–H and O–H groups in total. The molecular weight excluding hydrogens is 202 g/mol. The molecule has 0 aliphatic carbocycles. The van der Waals surface area contributed by atoms with Crippen molar-refractivity contribution in [3.63, 3.8) is 0 Å². The Morgan fingerprint density at radius 2 is 2.36 bits per heavy atom. The summed E-state index contributed by atoms with van der Waals surface area (Å²) in [5, 5.41) is 0. The van der Waals surface area contributed by atoms with Crippen LogP contribution >= 0.6 is 11.3 Å². The van der Waals surface area contributed by atoms with E-state index in [1.165, 1.54) is 0 Å². The average molecular weight is 211 g/mol. The maximum Gasteiger partial charge on any atom is 0.396 e. The molecule has 0 amide bonds. The third-order valence-electron chi connectivity index (χ3n) is 1.90. The van der Waals surface area contributed by atoms with Crippen molar-refractivity contribution in [2.24, 2.45) is 5.90 Å². The fourth-order valence-corrected chi connectivity index (χ4v) is 1.98. The van der Waals surface area contributed by atoms with Crippen molar-refractivity contribution in [1.82, 2.24) is 0 Å². The Bertz CT molecular complexity index is 488. The van der Waals surface area contributed by atoms with Gasteiger partial charge in [-0.05, 0) is 24.1 Å². The van der Waals surface area contributed by atoms with Crippen molar-refractivity contribution in [2.75, 3.05) is 6.61 Å². The van der Waals surface area contributed by atoms with E-state index in [-0.39, 0.29) is 4.94 Å². The van der Waals surface area contributed by atoms with Gasteiger partial charge in [0.1, 0.15) is 5.58 Å². The molecule has 0 bridgehead atoms. The first kappa shape index (κ1) is 9.39. The zero-order chi connectivity index (χ0) is 9.97. The fraction of sp³-hybridized carbons (Fsp3) is 0.222. The van der Waals surface area contributed by atoms with Gasteiger partial charge in [-0.25, -0.2) is 10.7 Å². The van der Waals surface area contributed by atoms with Crippen LogP contribution in [0.3, 0.4) is 0 Å². The van der Waals surface area contributed by atoms with Crippen LogP contribution in [0.2, 0.25) is 0 Å². The summed E-state index contributed by atoms with van der Waals surface area (Å²) in [6.07, 6.45) is 0.735. The molecule has 0 spiro atoms. The summed E-state index contributed by atoms with van der Waals surface area (Å²) in [5.41, 5.74) is 1.72. The topological polar surface area (TPSA) is 65.5 Å². The van der Waals surface area contributed by atoms with Crippen molar-refractivity contribution in [2.45, 2.75) is 6.42 Å². The maximum atomic E-state index is 10.9. The van der Waals surface area contributed by atoms with E-state index in [2.05, 4.69) is 4.84 Å². The summed E-state index contributed by atoms with van der Waals surface area (Å²) in [6.45, 7) is 0.470. The Balaban J connectivity index is 2.35. The van der Waals surface area contributed by atoms with Crippen LogP contribution in [0, 0.1) is 0 Å². The second kappa shape index (κ2) is 3.91. The van der Waals surface area contributed by atoms with E-state index in [1.807, 2.05) is 12.1 Å². The van der Waals surface area contributed by atoms with E-state index in [0.29, 0.717) is 12.2 Å². The lowest BCUT2D eigenvalue weighted by Gasteiger charge is -1.98. The summed E-state index contributed by atoms with van der Waals surface area (Å²) in [6, 6.07) is 5.61. The first-order valence-corrected chi connectivity index (χ1v) is 4.95. The van der Waals surface area contributed by atoms with Crippen LogP contribution in [0.5, 0.6) is 0 Å². The van der Waals surface area contributed by atoms with Gasteiger partial charge in [0.2, 0.25) is 0 Å². The molecule has 0 aliphatic heterocycles. The number of fused-ring (bicyclic) bond motifs is 1. The fourth-order valence-electron chi connectivity index (χ4n) is 1.25. The van der Waals surface area contributed by atoms with E-state index in [0.717, 1.165) is 28.0 Å². The Morgan fingerprint density at radius 3 is 3.14 bits per heavy atom. The summed E-state index contributed by atoms with van der Waals surface area (Å²) in [4.78, 5) is 15.1. The van der Waals surface area contributed by atoms with Gasteiger partial charge < -0.3 is 9.25 Å². The van der Waals surface area contributed by atoms with E-state index < -0.39 is 0 Å². The molecule has 4 nitrogen and oxygen atoms in total. The minimum absolute atomic E-state index is 0.271. The van der Waals surface area contributed by atoms with Gasteiger partial charge in [-0.1, -0.05) is 17.4 Å². The third kappa shape index (κ3) is 1.84. The number of nitrogens with two attached hydrogens (primary N) is 1. The van der Waals surface area contributed by atoms with Gasteiger partial charge in [0, 0.05) is 0 Å². The lowest BCUT2D eigenvalue weighted by Crippen LogP contribution is -2.03. The first-order chi connectivity index (χ1) is 6.79. The second-order valence-corrected chi connectivity index (χ2v) is 3.83. The monoisotopic (exact) mass is 211 g/mol. The number of rotatable bonds is 3. The zero-order valence-electron chi connectivity index (χ0n) is 7.36. The third-order valence-corrected chi connectivity index (χ3v) is 2.69. The Labute approximate surface area is 83.9 Å². The molecule has 14 heavy (non-hydrogen) atoms. The minimum Gasteiger partial charge on any atom is -0.414 e. The van der Waals surface area contributed by atoms with Crippen molar-refractivity contribution < 1.29 is 9.25 Å². The Hall–Kier alpha value is -1.17. The highest BCUT2D eigenvalue weighted by Gasteiger charge is 2.02. The zero-order valence-corrected chi connectivity index (χ0v) is 8.17. The van der Waals surface area contributed by atoms with Crippen molar-refractivity contribution >= 4 is 21.6 Å². The molecule has 0 atom stereocenters. The van der Waals surface area contributed by atoms with Crippen LogP contribution in [0.25, 0.3) is 10.3 Å². The Kier molecular flexibility index (Phi) is 2.62. The Morgan fingerprint density at radius 1 is 1.50 bits per heavy atom. The SMILES string of the molecule is NOCCc1ccc2oc(=O)sc2c1. The quantitative estimate of drug-likeness (QED) is 0.777. The van der Waals surface area contributed by atoms with Crippen LogP contribution < -0.4 is 10.8 Å². The minimum atomic E-state index is -0.271. The highest BCUT2D eigenvalue weighted by molar-refractivity contribution is 7.16. The van der Waals surface area contributed by atoms with E-state index >= 15 is 0 Å². The van der Waals surface area contributed by atoms with Crippen LogP contribution in [-0.4, -0.2) is 6.61 Å². The maximum absolute atomic E-state index is 10.9. The van der Waals surface area contributed by atoms with Gasteiger partial charge in [0.15, 0.2) is 0 Å². The van der Waals surface area contributed by atoms with Gasteiger partial charge in [-0.15, -0.1) is 0 Å². The summed E-state index contributed by atoms with van der Waals surface area (Å²) in [5.74, 6) is 4.93. The van der Waals surface area contributed by atoms with Crippen LogP contribution in [-0.2, 0) is 11.3 Å². The highest BCUT2D eigenvalue weighted by Crippen LogP contribution is 2.18. The predicted molar refractivity (Wildman–Crippen MR) is 54.2 cm³/mol. The smallest absolute Gasteiger partial charge is 0.396 e. The van der Waals surface area contributed by atoms with Crippen LogP contribution in [0.1, 0.15) is 5.56 Å². The molecule has 0 radical (unpaired) electrons. The molecular formula is C9H9NO3S. The van der Waals surface area contributed by atoms with Crippen molar-refractivity contribution in [3.05, 3.63) is 33.5 Å². The predicted octanol–water partition coefficient (Wildman–Crippen LogP) is 1.29. The van der Waals surface area contributed by atoms with Crippen LogP contribution in [0.4, 0.5) is 0 Å². The van der Waals surface area contributed by atoms with Gasteiger partial charge in [-0.2, -0.15) is 0 Å². The van der Waals surface area contributed by atoms with Gasteiger partial charge in [-0.3, -0.25) is 0 Å². The lowest BCUT2D eigenvalue weighted by molar-refractivity contribution is 0.141. The van der Waals surface area contributed by atoms with E-state index in [4.69, 9.17) is 10.3 Å². The molecule has 0 saturated heterocycles. The molecule has 74 valence electrons. The normalized spacial score (nSPS) is 10.9. The number of hydrogen-bond acceptors (Lipinski definition) is 5. The molecule has 1 aromatic heterocycles. The van der Waals surface area contributed by atoms with Crippen molar-refractivity contribution in [1.29, 1.82) is 0 Å². The average Bonchev–Trinajstić information content (AvgIpc) is 2.54. The molecule has 1 heterocycles.